The normalized spacial score (nSPS) is 19.0. The van der Waals surface area contributed by atoms with Gasteiger partial charge in [-0.1, -0.05) is 41.9 Å². The van der Waals surface area contributed by atoms with Crippen LogP contribution < -0.4 is 5.32 Å². The number of carbonyl (C=O) groups excluding carboxylic acids is 1. The molecular formula is C24H23ClF3N3O. The predicted octanol–water partition coefficient (Wildman–Crippen LogP) is 6.21. The van der Waals surface area contributed by atoms with E-state index in [0.717, 1.165) is 61.6 Å². The van der Waals surface area contributed by atoms with Gasteiger partial charge in [0.05, 0.1) is 22.3 Å². The number of alkyl halides is 3. The van der Waals surface area contributed by atoms with Crippen molar-refractivity contribution in [2.24, 2.45) is 5.92 Å². The first kappa shape index (κ1) is 22.4. The molecule has 0 atom stereocenters. The molecule has 0 unspecified atom stereocenters. The molecule has 0 aliphatic heterocycles. The lowest BCUT2D eigenvalue weighted by atomic mass is 9.86. The molecule has 1 aliphatic carbocycles. The fourth-order valence-electron chi connectivity index (χ4n) is 4.14. The summed E-state index contributed by atoms with van der Waals surface area (Å²) in [6.07, 6.45) is 2.71. The largest absolute Gasteiger partial charge is 0.416 e. The van der Waals surface area contributed by atoms with Crippen LogP contribution in [0, 0.1) is 5.92 Å². The predicted molar refractivity (Wildman–Crippen MR) is 117 cm³/mol. The fourth-order valence-corrected chi connectivity index (χ4v) is 4.34. The Morgan fingerprint density at radius 1 is 1.06 bits per heavy atom. The highest BCUT2D eigenvalue weighted by Gasteiger charge is 2.32. The number of amides is 1. The summed E-state index contributed by atoms with van der Waals surface area (Å²) >= 11 is 5.98. The average Bonchev–Trinajstić information content (AvgIpc) is 3.24. The third-order valence-electron chi connectivity index (χ3n) is 5.91. The molecule has 0 radical (unpaired) electrons. The monoisotopic (exact) mass is 461 g/mol. The van der Waals surface area contributed by atoms with E-state index in [9.17, 15) is 18.0 Å². The minimum Gasteiger partial charge on any atom is -0.349 e. The molecule has 0 bridgehead atoms. The molecule has 168 valence electrons. The molecule has 1 aliphatic rings. The van der Waals surface area contributed by atoms with Crippen LogP contribution in [0.3, 0.4) is 0 Å². The molecule has 3 aromatic rings. The first-order valence-electron chi connectivity index (χ1n) is 10.5. The van der Waals surface area contributed by atoms with E-state index in [-0.39, 0.29) is 16.6 Å². The van der Waals surface area contributed by atoms with Gasteiger partial charge in [-0.25, -0.2) is 0 Å². The van der Waals surface area contributed by atoms with E-state index in [1.54, 1.807) is 0 Å². The third kappa shape index (κ3) is 5.33. The number of aromatic nitrogens is 2. The van der Waals surface area contributed by atoms with E-state index in [4.69, 9.17) is 11.6 Å². The van der Waals surface area contributed by atoms with Crippen LogP contribution in [-0.4, -0.2) is 21.7 Å². The second-order valence-corrected chi connectivity index (χ2v) is 8.61. The van der Waals surface area contributed by atoms with Crippen molar-refractivity contribution in [2.75, 3.05) is 0 Å². The zero-order valence-electron chi connectivity index (χ0n) is 17.3. The van der Waals surface area contributed by atoms with Gasteiger partial charge in [0.2, 0.25) is 0 Å². The van der Waals surface area contributed by atoms with Crippen molar-refractivity contribution in [3.63, 3.8) is 0 Å². The number of hydrogen-bond donors (Lipinski definition) is 1. The number of halogens is 4. The smallest absolute Gasteiger partial charge is 0.349 e. The molecule has 1 heterocycles. The molecule has 32 heavy (non-hydrogen) atoms. The summed E-state index contributed by atoms with van der Waals surface area (Å²) in [5.41, 5.74) is 1.17. The van der Waals surface area contributed by atoms with Crippen LogP contribution in [0.4, 0.5) is 13.2 Å². The number of carbonyl (C=O) groups is 1. The minimum atomic E-state index is -4.52. The Labute approximate surface area is 189 Å². The van der Waals surface area contributed by atoms with Crippen molar-refractivity contribution in [1.82, 2.24) is 15.1 Å². The van der Waals surface area contributed by atoms with Crippen molar-refractivity contribution in [1.29, 1.82) is 0 Å². The number of rotatable bonds is 5. The number of benzene rings is 2. The van der Waals surface area contributed by atoms with Crippen LogP contribution in [0.2, 0.25) is 5.02 Å². The molecular weight excluding hydrogens is 439 g/mol. The highest BCUT2D eigenvalue weighted by molar-refractivity contribution is 6.33. The summed E-state index contributed by atoms with van der Waals surface area (Å²) in [5.74, 6) is -0.132. The van der Waals surface area contributed by atoms with E-state index in [1.807, 2.05) is 47.4 Å². The lowest BCUT2D eigenvalue weighted by Crippen LogP contribution is -2.38. The van der Waals surface area contributed by atoms with Gasteiger partial charge in [0, 0.05) is 24.3 Å². The van der Waals surface area contributed by atoms with Gasteiger partial charge < -0.3 is 5.32 Å². The van der Waals surface area contributed by atoms with Crippen LogP contribution in [0.15, 0.2) is 60.9 Å². The van der Waals surface area contributed by atoms with Gasteiger partial charge >= 0.3 is 6.18 Å². The maximum atomic E-state index is 13.0. The van der Waals surface area contributed by atoms with Gasteiger partial charge in [-0.05, 0) is 55.4 Å². The topological polar surface area (TPSA) is 46.9 Å². The second kappa shape index (κ2) is 9.36. The lowest BCUT2D eigenvalue weighted by Gasteiger charge is -2.29. The first-order valence-corrected chi connectivity index (χ1v) is 10.9. The zero-order valence-corrected chi connectivity index (χ0v) is 18.0. The van der Waals surface area contributed by atoms with Crippen LogP contribution in [-0.2, 0) is 12.7 Å². The fraction of sp³-hybridized carbons (Fsp3) is 0.333. The van der Waals surface area contributed by atoms with E-state index in [2.05, 4.69) is 10.4 Å². The van der Waals surface area contributed by atoms with Gasteiger partial charge in [-0.2, -0.15) is 18.3 Å². The molecule has 1 N–H and O–H groups in total. The summed E-state index contributed by atoms with van der Waals surface area (Å²) in [6.45, 7) is 0.799. The summed E-state index contributed by atoms with van der Waals surface area (Å²) in [6, 6.07) is 12.8. The zero-order chi connectivity index (χ0) is 22.7. The third-order valence-corrected chi connectivity index (χ3v) is 6.24. The quantitative estimate of drug-likeness (QED) is 0.491. The second-order valence-electron chi connectivity index (χ2n) is 8.20. The van der Waals surface area contributed by atoms with Crippen molar-refractivity contribution in [3.8, 4) is 11.1 Å². The van der Waals surface area contributed by atoms with E-state index < -0.39 is 17.6 Å². The van der Waals surface area contributed by atoms with Crippen molar-refractivity contribution < 1.29 is 18.0 Å². The molecule has 0 saturated heterocycles. The molecule has 1 aromatic heterocycles. The Morgan fingerprint density at radius 2 is 1.78 bits per heavy atom. The van der Waals surface area contributed by atoms with Crippen LogP contribution in [0.5, 0.6) is 0 Å². The first-order chi connectivity index (χ1) is 15.3. The standard InChI is InChI=1S/C24H23ClF3N3O/c25-22-11-8-19(24(26,27)28)12-21(22)23(32)30-20-9-6-16(7-10-20)14-31-15-18(13-29-31)17-4-2-1-3-5-17/h1-5,8,11-13,15-16,20H,6-7,9-10,14H2,(H,30,32)/t16-,20-. The molecule has 1 saturated carbocycles. The Hall–Kier alpha value is -2.80. The number of hydrogen-bond acceptors (Lipinski definition) is 2. The van der Waals surface area contributed by atoms with Gasteiger partial charge in [0.15, 0.2) is 0 Å². The van der Waals surface area contributed by atoms with Crippen molar-refractivity contribution >= 4 is 17.5 Å². The summed E-state index contributed by atoms with van der Waals surface area (Å²) in [5, 5.41) is 7.33. The highest BCUT2D eigenvalue weighted by atomic mass is 35.5. The van der Waals surface area contributed by atoms with E-state index >= 15 is 0 Å². The lowest BCUT2D eigenvalue weighted by molar-refractivity contribution is -0.137. The molecule has 1 fully saturated rings. The van der Waals surface area contributed by atoms with Gasteiger partial charge in [0.1, 0.15) is 0 Å². The van der Waals surface area contributed by atoms with Crippen LogP contribution in [0.25, 0.3) is 11.1 Å². The van der Waals surface area contributed by atoms with E-state index in [1.165, 1.54) is 0 Å². The molecule has 0 spiro atoms. The molecule has 2 aromatic carbocycles. The Kier molecular flexibility index (Phi) is 6.55. The Morgan fingerprint density at radius 3 is 2.47 bits per heavy atom. The minimum absolute atomic E-state index is 0.0112. The van der Waals surface area contributed by atoms with Gasteiger partial charge in [-0.3, -0.25) is 9.48 Å². The van der Waals surface area contributed by atoms with Crippen LogP contribution in [0.1, 0.15) is 41.6 Å². The Balaban J connectivity index is 1.31. The molecule has 4 nitrogen and oxygen atoms in total. The molecule has 4 rings (SSSR count). The maximum Gasteiger partial charge on any atom is 0.416 e. The van der Waals surface area contributed by atoms with Crippen LogP contribution >= 0.6 is 11.6 Å². The van der Waals surface area contributed by atoms with E-state index in [0.29, 0.717) is 5.92 Å². The summed E-state index contributed by atoms with van der Waals surface area (Å²) in [4.78, 5) is 12.5. The number of nitrogens with zero attached hydrogens (tertiary/aromatic N) is 2. The van der Waals surface area contributed by atoms with Gasteiger partial charge in [-0.15, -0.1) is 0 Å². The van der Waals surface area contributed by atoms with Gasteiger partial charge in [0.25, 0.3) is 5.91 Å². The van der Waals surface area contributed by atoms with Crippen molar-refractivity contribution in [3.05, 3.63) is 77.1 Å². The summed E-state index contributed by atoms with van der Waals surface area (Å²) < 4.78 is 40.8. The maximum absolute atomic E-state index is 13.0. The average molecular weight is 462 g/mol. The Bertz CT molecular complexity index is 1070. The molecule has 1 amide bonds. The number of nitrogens with one attached hydrogen (secondary N) is 1. The SMILES string of the molecule is O=C(N[C@H]1CC[C@H](Cn2cc(-c3ccccc3)cn2)CC1)c1cc(C(F)(F)F)ccc1Cl. The molecule has 8 heteroatoms. The highest BCUT2D eigenvalue weighted by Crippen LogP contribution is 2.32. The van der Waals surface area contributed by atoms with Crippen molar-refractivity contribution in [2.45, 2.75) is 44.4 Å². The summed E-state index contributed by atoms with van der Waals surface area (Å²) in [7, 11) is 0.